The number of halogens is 2. The fourth-order valence-corrected chi connectivity index (χ4v) is 1.89. The highest BCUT2D eigenvalue weighted by Gasteiger charge is 2.22. The third kappa shape index (κ3) is 6.61. The molecule has 0 spiro atoms. The van der Waals surface area contributed by atoms with Crippen LogP contribution in [0.3, 0.4) is 0 Å². The first kappa shape index (κ1) is 20.0. The zero-order chi connectivity index (χ0) is 18.3. The van der Waals surface area contributed by atoms with E-state index in [1.54, 1.807) is 0 Å². The van der Waals surface area contributed by atoms with Crippen molar-refractivity contribution in [3.05, 3.63) is 35.4 Å². The Kier molecular flexibility index (Phi) is 7.76. The summed E-state index contributed by atoms with van der Waals surface area (Å²) in [6, 6.07) is 3.12. The Morgan fingerprint density at radius 3 is 2.54 bits per heavy atom. The van der Waals surface area contributed by atoms with E-state index in [9.17, 15) is 18.4 Å². The Morgan fingerprint density at radius 2 is 1.96 bits per heavy atom. The second-order valence-corrected chi connectivity index (χ2v) is 5.43. The molecule has 132 valence electrons. The molecule has 0 aliphatic heterocycles. The monoisotopic (exact) mass is 344 g/mol. The molecule has 0 aromatic heterocycles. The molecule has 0 saturated heterocycles. The summed E-state index contributed by atoms with van der Waals surface area (Å²) in [5.74, 6) is -4.03. The van der Waals surface area contributed by atoms with E-state index in [4.69, 9.17) is 14.7 Å². The van der Waals surface area contributed by atoms with Gasteiger partial charge in [0.15, 0.2) is 11.6 Å². The summed E-state index contributed by atoms with van der Waals surface area (Å²) in [6.07, 6.45) is -0.671. The fourth-order valence-electron chi connectivity index (χ4n) is 1.89. The lowest BCUT2D eigenvalue weighted by atomic mass is 10.1. The quantitative estimate of drug-likeness (QED) is 0.397. The number of amides is 2. The normalized spacial score (nSPS) is 12.0. The Labute approximate surface area is 138 Å². The van der Waals surface area contributed by atoms with E-state index in [0.717, 1.165) is 12.1 Å². The number of hydrogen-bond donors (Lipinski definition) is 4. The lowest BCUT2D eigenvalue weighted by Gasteiger charge is -2.21. The lowest BCUT2D eigenvalue weighted by molar-refractivity contribution is -0.123. The molecular weight excluding hydrogens is 325 g/mol. The van der Waals surface area contributed by atoms with Crippen LogP contribution in [0, 0.1) is 17.6 Å². The molecule has 4 N–H and O–H groups in total. The molecule has 2 amide bonds. The van der Waals surface area contributed by atoms with Crippen molar-refractivity contribution in [1.82, 2.24) is 10.6 Å². The van der Waals surface area contributed by atoms with Gasteiger partial charge >= 0.3 is 7.32 Å². The molecule has 7 nitrogen and oxygen atoms in total. The van der Waals surface area contributed by atoms with Gasteiger partial charge in [-0.2, -0.15) is 0 Å². The minimum atomic E-state index is -2.06. The van der Waals surface area contributed by atoms with Gasteiger partial charge in [-0.25, -0.2) is 8.78 Å². The van der Waals surface area contributed by atoms with Gasteiger partial charge in [-0.3, -0.25) is 9.59 Å². The largest absolute Gasteiger partial charge is 0.635 e. The molecule has 0 aliphatic rings. The van der Waals surface area contributed by atoms with E-state index in [-0.39, 0.29) is 5.92 Å². The van der Waals surface area contributed by atoms with Crippen LogP contribution in [-0.2, 0) is 9.45 Å². The standard InChI is InChI=1S/C14H19BF2N2O5/c1-8(2)6-12(24-15(22)23)19-11(20)7-18-14(21)9-4-3-5-10(16)13(9)17/h3-5,8,12,22-23H,6-7H2,1-2H3,(H,18,21)(H,19,20)/t12-/m1/s1. The van der Waals surface area contributed by atoms with E-state index in [1.807, 2.05) is 13.8 Å². The van der Waals surface area contributed by atoms with Crippen LogP contribution in [0.15, 0.2) is 18.2 Å². The summed E-state index contributed by atoms with van der Waals surface area (Å²) in [5, 5.41) is 22.1. The van der Waals surface area contributed by atoms with Crippen LogP contribution in [0.1, 0.15) is 30.6 Å². The van der Waals surface area contributed by atoms with E-state index < -0.39 is 49.1 Å². The Balaban J connectivity index is 2.57. The second-order valence-electron chi connectivity index (χ2n) is 5.43. The SMILES string of the molecule is CC(C)C[C@H](NC(=O)CNC(=O)c1cccc(F)c1F)OB(O)O. The maximum Gasteiger partial charge on any atom is 0.635 e. The van der Waals surface area contributed by atoms with E-state index in [1.165, 1.54) is 6.07 Å². The van der Waals surface area contributed by atoms with Crippen molar-refractivity contribution in [3.8, 4) is 0 Å². The highest BCUT2D eigenvalue weighted by atomic mass is 19.2. The van der Waals surface area contributed by atoms with Crippen LogP contribution in [0.2, 0.25) is 0 Å². The molecule has 0 unspecified atom stereocenters. The zero-order valence-corrected chi connectivity index (χ0v) is 13.3. The topological polar surface area (TPSA) is 108 Å². The highest BCUT2D eigenvalue weighted by Crippen LogP contribution is 2.11. The van der Waals surface area contributed by atoms with Gasteiger partial charge in [-0.1, -0.05) is 19.9 Å². The summed E-state index contributed by atoms with van der Waals surface area (Å²) in [7, 11) is -2.06. The van der Waals surface area contributed by atoms with Gasteiger partial charge in [0.25, 0.3) is 5.91 Å². The molecule has 10 heteroatoms. The van der Waals surface area contributed by atoms with Gasteiger partial charge in [0, 0.05) is 0 Å². The number of carbonyl (C=O) groups excluding carboxylic acids is 2. The van der Waals surface area contributed by atoms with Crippen molar-refractivity contribution in [2.75, 3.05) is 6.54 Å². The molecule has 0 aliphatic carbocycles. The smallest absolute Gasteiger partial charge is 0.402 e. The molecule has 1 rings (SSSR count). The molecule has 0 bridgehead atoms. The summed E-state index contributed by atoms with van der Waals surface area (Å²) >= 11 is 0. The Bertz CT molecular complexity index is 576. The minimum Gasteiger partial charge on any atom is -0.402 e. The number of benzene rings is 1. The van der Waals surface area contributed by atoms with Crippen molar-refractivity contribution in [1.29, 1.82) is 0 Å². The number of carbonyl (C=O) groups is 2. The van der Waals surface area contributed by atoms with Gasteiger partial charge in [0.1, 0.15) is 6.23 Å². The molecule has 1 atom stereocenters. The highest BCUT2D eigenvalue weighted by molar-refractivity contribution is 6.32. The maximum atomic E-state index is 13.5. The molecule has 24 heavy (non-hydrogen) atoms. The van der Waals surface area contributed by atoms with Crippen LogP contribution in [-0.4, -0.2) is 42.0 Å². The third-order valence-electron chi connectivity index (χ3n) is 2.90. The van der Waals surface area contributed by atoms with Crippen LogP contribution < -0.4 is 10.6 Å². The van der Waals surface area contributed by atoms with E-state index >= 15 is 0 Å². The van der Waals surface area contributed by atoms with Crippen molar-refractivity contribution in [3.63, 3.8) is 0 Å². The van der Waals surface area contributed by atoms with Crippen molar-refractivity contribution >= 4 is 19.1 Å². The number of rotatable bonds is 8. The van der Waals surface area contributed by atoms with Crippen LogP contribution in [0.4, 0.5) is 8.78 Å². The average molecular weight is 344 g/mol. The zero-order valence-electron chi connectivity index (χ0n) is 13.3. The van der Waals surface area contributed by atoms with Crippen molar-refractivity contribution < 1.29 is 33.1 Å². The van der Waals surface area contributed by atoms with Crippen molar-refractivity contribution in [2.24, 2.45) is 5.92 Å². The predicted octanol–water partition coefficient (Wildman–Crippen LogP) is 0.169. The molecule has 0 saturated carbocycles. The summed E-state index contributed by atoms with van der Waals surface area (Å²) in [6.45, 7) is 3.15. The van der Waals surface area contributed by atoms with Gasteiger partial charge in [-0.05, 0) is 24.5 Å². The number of nitrogens with one attached hydrogen (secondary N) is 2. The number of hydrogen-bond acceptors (Lipinski definition) is 5. The maximum absolute atomic E-state index is 13.5. The van der Waals surface area contributed by atoms with Gasteiger partial charge in [-0.15, -0.1) is 0 Å². The average Bonchev–Trinajstić information content (AvgIpc) is 2.46. The minimum absolute atomic E-state index is 0.0880. The first-order valence-corrected chi connectivity index (χ1v) is 7.24. The van der Waals surface area contributed by atoms with Crippen LogP contribution in [0.25, 0.3) is 0 Å². The molecule has 0 radical (unpaired) electrons. The predicted molar refractivity (Wildman–Crippen MR) is 81.4 cm³/mol. The molecular formula is C14H19BF2N2O5. The van der Waals surface area contributed by atoms with E-state index in [2.05, 4.69) is 10.6 Å². The molecule has 1 aromatic rings. The Hall–Kier alpha value is -2.04. The van der Waals surface area contributed by atoms with Crippen LogP contribution in [0.5, 0.6) is 0 Å². The summed E-state index contributed by atoms with van der Waals surface area (Å²) in [5.41, 5.74) is -0.524. The van der Waals surface area contributed by atoms with Crippen LogP contribution >= 0.6 is 0 Å². The fraction of sp³-hybridized carbons (Fsp3) is 0.429. The third-order valence-corrected chi connectivity index (χ3v) is 2.90. The summed E-state index contributed by atoms with van der Waals surface area (Å²) in [4.78, 5) is 23.5. The van der Waals surface area contributed by atoms with Crippen molar-refractivity contribution in [2.45, 2.75) is 26.5 Å². The lowest BCUT2D eigenvalue weighted by Crippen LogP contribution is -2.46. The molecule has 0 fully saturated rings. The molecule has 0 heterocycles. The molecule has 1 aromatic carbocycles. The van der Waals surface area contributed by atoms with Gasteiger partial charge in [0.2, 0.25) is 5.91 Å². The summed E-state index contributed by atoms with van der Waals surface area (Å²) < 4.78 is 31.2. The van der Waals surface area contributed by atoms with Gasteiger partial charge in [0.05, 0.1) is 12.1 Å². The second kappa shape index (κ2) is 9.31. The van der Waals surface area contributed by atoms with Gasteiger partial charge < -0.3 is 25.3 Å². The van der Waals surface area contributed by atoms with E-state index in [0.29, 0.717) is 6.42 Å². The Morgan fingerprint density at radius 1 is 1.29 bits per heavy atom. The first-order valence-electron chi connectivity index (χ1n) is 7.24. The first-order chi connectivity index (χ1) is 11.2.